The van der Waals surface area contributed by atoms with Gasteiger partial charge in [0.2, 0.25) is 0 Å². The zero-order valence-corrected chi connectivity index (χ0v) is 11.3. The first-order chi connectivity index (χ1) is 8.33. The number of hydrogen-bond donors (Lipinski definition) is 1. The highest BCUT2D eigenvalue weighted by atomic mass is 32.2. The van der Waals surface area contributed by atoms with Gasteiger partial charge in [0.15, 0.2) is 0 Å². The second kappa shape index (κ2) is 6.47. The van der Waals surface area contributed by atoms with E-state index in [4.69, 9.17) is 10.2 Å². The first-order valence-electron chi connectivity index (χ1n) is 6.34. The first kappa shape index (κ1) is 13.0. The highest BCUT2D eigenvalue weighted by molar-refractivity contribution is 7.99. The van der Waals surface area contributed by atoms with Gasteiger partial charge in [0, 0.05) is 17.4 Å². The largest absolute Gasteiger partial charge is 0.468 e. The highest BCUT2D eigenvalue weighted by Gasteiger charge is 2.17. The summed E-state index contributed by atoms with van der Waals surface area (Å²) in [5.41, 5.74) is 6.84. The molecule has 1 aliphatic heterocycles. The van der Waals surface area contributed by atoms with Crippen molar-refractivity contribution in [2.45, 2.75) is 37.6 Å². The molecule has 96 valence electrons. The molecule has 0 bridgehead atoms. The van der Waals surface area contributed by atoms with Crippen LogP contribution >= 0.6 is 11.8 Å². The summed E-state index contributed by atoms with van der Waals surface area (Å²) in [6.07, 6.45) is 7.91. The van der Waals surface area contributed by atoms with Crippen molar-refractivity contribution in [2.75, 3.05) is 19.3 Å². The van der Waals surface area contributed by atoms with Crippen LogP contribution in [0.4, 0.5) is 0 Å². The molecule has 17 heavy (non-hydrogen) atoms. The van der Waals surface area contributed by atoms with Gasteiger partial charge >= 0.3 is 0 Å². The van der Waals surface area contributed by atoms with Crippen LogP contribution in [0.25, 0.3) is 0 Å². The Morgan fingerprint density at radius 2 is 2.35 bits per heavy atom. The summed E-state index contributed by atoms with van der Waals surface area (Å²) < 4.78 is 5.53. The number of nitrogens with two attached hydrogens (primary N) is 1. The number of furan rings is 1. The lowest BCUT2D eigenvalue weighted by atomic mass is 10.2. The molecule has 0 amide bonds. The molecule has 0 radical (unpaired) electrons. The van der Waals surface area contributed by atoms with E-state index in [0.29, 0.717) is 6.54 Å². The van der Waals surface area contributed by atoms with Crippen LogP contribution in [0.3, 0.4) is 0 Å². The quantitative estimate of drug-likeness (QED) is 0.896. The fourth-order valence-electron chi connectivity index (χ4n) is 2.41. The number of hydrogen-bond acceptors (Lipinski definition) is 4. The maximum absolute atomic E-state index is 5.69. The number of nitrogens with zero attached hydrogens (tertiary/aromatic N) is 1. The third-order valence-electron chi connectivity index (χ3n) is 3.53. The Morgan fingerprint density at radius 3 is 3.12 bits per heavy atom. The van der Waals surface area contributed by atoms with E-state index in [0.717, 1.165) is 23.1 Å². The topological polar surface area (TPSA) is 42.4 Å². The Hall–Kier alpha value is -0.450. The summed E-state index contributed by atoms with van der Waals surface area (Å²) in [6.45, 7) is 3.85. The van der Waals surface area contributed by atoms with Gasteiger partial charge in [-0.25, -0.2) is 0 Å². The van der Waals surface area contributed by atoms with Crippen LogP contribution in [0.15, 0.2) is 16.7 Å². The molecule has 2 heterocycles. The fourth-order valence-corrected chi connectivity index (χ4v) is 3.15. The number of likely N-dealkylation sites (tertiary alicyclic amines) is 1. The molecule has 1 unspecified atom stereocenters. The van der Waals surface area contributed by atoms with Gasteiger partial charge in [-0.1, -0.05) is 0 Å². The maximum Gasteiger partial charge on any atom is 0.122 e. The number of thioether (sulfide) groups is 1. The third kappa shape index (κ3) is 3.50. The minimum Gasteiger partial charge on any atom is -0.468 e. The number of rotatable bonds is 4. The molecule has 1 atom stereocenters. The summed E-state index contributed by atoms with van der Waals surface area (Å²) in [6, 6.07) is 1.98. The minimum absolute atomic E-state index is 0.576. The van der Waals surface area contributed by atoms with Crippen molar-refractivity contribution in [1.29, 1.82) is 0 Å². The van der Waals surface area contributed by atoms with E-state index in [-0.39, 0.29) is 0 Å². The Labute approximate surface area is 108 Å². The van der Waals surface area contributed by atoms with Gasteiger partial charge in [-0.15, -0.1) is 0 Å². The van der Waals surface area contributed by atoms with Gasteiger partial charge in [0.05, 0.1) is 12.8 Å². The molecule has 2 rings (SSSR count). The van der Waals surface area contributed by atoms with Gasteiger partial charge in [0.25, 0.3) is 0 Å². The highest BCUT2D eigenvalue weighted by Crippen LogP contribution is 2.22. The van der Waals surface area contributed by atoms with Crippen LogP contribution in [-0.4, -0.2) is 29.5 Å². The average Bonchev–Trinajstić information content (AvgIpc) is 2.67. The Balaban J connectivity index is 1.90. The summed E-state index contributed by atoms with van der Waals surface area (Å²) in [7, 11) is 0. The van der Waals surface area contributed by atoms with Crippen LogP contribution in [0.5, 0.6) is 0 Å². The van der Waals surface area contributed by atoms with Crippen LogP contribution < -0.4 is 5.73 Å². The summed E-state index contributed by atoms with van der Waals surface area (Å²) in [4.78, 5) is 2.49. The lowest BCUT2D eigenvalue weighted by Crippen LogP contribution is -2.24. The van der Waals surface area contributed by atoms with E-state index < -0.39 is 0 Å². The molecule has 0 spiro atoms. The molecule has 1 aliphatic rings. The van der Waals surface area contributed by atoms with Crippen LogP contribution in [0.2, 0.25) is 0 Å². The molecule has 3 nitrogen and oxygen atoms in total. The summed E-state index contributed by atoms with van der Waals surface area (Å²) >= 11 is 2.01. The van der Waals surface area contributed by atoms with Crippen molar-refractivity contribution in [3.05, 3.63) is 23.7 Å². The third-order valence-corrected chi connectivity index (χ3v) is 4.66. The normalized spacial score (nSPS) is 22.6. The van der Waals surface area contributed by atoms with E-state index >= 15 is 0 Å². The first-order valence-corrected chi connectivity index (χ1v) is 7.62. The predicted octanol–water partition coefficient (Wildman–Crippen LogP) is 2.46. The second-order valence-electron chi connectivity index (χ2n) is 4.64. The van der Waals surface area contributed by atoms with Crippen LogP contribution in [-0.2, 0) is 13.1 Å². The molecular weight excluding hydrogens is 232 g/mol. The molecule has 1 saturated heterocycles. The molecule has 0 aliphatic carbocycles. The average molecular weight is 254 g/mol. The van der Waals surface area contributed by atoms with Crippen LogP contribution in [0.1, 0.15) is 30.6 Å². The standard InChI is InChI=1S/C13H22N2OS/c1-17-12-3-2-6-15(7-4-12)10-13-11(9-14)5-8-16-13/h5,8,12H,2-4,6-7,9-10,14H2,1H3. The predicted molar refractivity (Wildman–Crippen MR) is 73.0 cm³/mol. The maximum atomic E-state index is 5.69. The van der Waals surface area contributed by atoms with Crippen molar-refractivity contribution in [2.24, 2.45) is 5.73 Å². The van der Waals surface area contributed by atoms with E-state index in [9.17, 15) is 0 Å². The van der Waals surface area contributed by atoms with Crippen molar-refractivity contribution in [1.82, 2.24) is 4.90 Å². The second-order valence-corrected chi connectivity index (χ2v) is 5.78. The molecule has 1 aromatic rings. The van der Waals surface area contributed by atoms with Crippen molar-refractivity contribution >= 4 is 11.8 Å². The smallest absolute Gasteiger partial charge is 0.122 e. The van der Waals surface area contributed by atoms with Gasteiger partial charge in [-0.2, -0.15) is 11.8 Å². The molecule has 4 heteroatoms. The molecule has 1 fully saturated rings. The van der Waals surface area contributed by atoms with Gasteiger partial charge in [-0.3, -0.25) is 4.90 Å². The fraction of sp³-hybridized carbons (Fsp3) is 0.692. The van der Waals surface area contributed by atoms with E-state index in [1.165, 1.54) is 32.4 Å². The Morgan fingerprint density at radius 1 is 1.47 bits per heavy atom. The summed E-state index contributed by atoms with van der Waals surface area (Å²) in [5, 5.41) is 0.838. The SMILES string of the molecule is CSC1CCCN(Cc2occc2CN)CC1. The Kier molecular flexibility index (Phi) is 4.95. The lowest BCUT2D eigenvalue weighted by Gasteiger charge is -2.19. The van der Waals surface area contributed by atoms with E-state index in [1.807, 2.05) is 17.8 Å². The molecule has 0 aromatic carbocycles. The van der Waals surface area contributed by atoms with Gasteiger partial charge in [-0.05, 0) is 44.7 Å². The molecule has 0 saturated carbocycles. The lowest BCUT2D eigenvalue weighted by molar-refractivity contribution is 0.252. The summed E-state index contributed by atoms with van der Waals surface area (Å²) in [5.74, 6) is 1.05. The van der Waals surface area contributed by atoms with Crippen molar-refractivity contribution in [3.8, 4) is 0 Å². The van der Waals surface area contributed by atoms with Gasteiger partial charge in [0.1, 0.15) is 5.76 Å². The minimum atomic E-state index is 0.576. The van der Waals surface area contributed by atoms with E-state index in [2.05, 4.69) is 11.2 Å². The Bertz CT molecular complexity index is 340. The van der Waals surface area contributed by atoms with Gasteiger partial charge < -0.3 is 10.2 Å². The zero-order valence-electron chi connectivity index (χ0n) is 10.5. The molecule has 1 aromatic heterocycles. The molecular formula is C13H22N2OS. The van der Waals surface area contributed by atoms with E-state index in [1.54, 1.807) is 6.26 Å². The zero-order chi connectivity index (χ0) is 12.1. The van der Waals surface area contributed by atoms with Crippen molar-refractivity contribution in [3.63, 3.8) is 0 Å². The molecule has 2 N–H and O–H groups in total. The van der Waals surface area contributed by atoms with Crippen LogP contribution in [0, 0.1) is 0 Å². The van der Waals surface area contributed by atoms with Crippen molar-refractivity contribution < 1.29 is 4.42 Å². The monoisotopic (exact) mass is 254 g/mol.